The number of fused-ring (bicyclic) bond motifs is 1. The zero-order chi connectivity index (χ0) is 19.6. The summed E-state index contributed by atoms with van der Waals surface area (Å²) in [7, 11) is 3.08. The summed E-state index contributed by atoms with van der Waals surface area (Å²) in [6, 6.07) is 9.68. The van der Waals surface area contributed by atoms with Crippen LogP contribution in [0, 0.1) is 0 Å². The van der Waals surface area contributed by atoms with Crippen LogP contribution in [0.15, 0.2) is 36.4 Å². The van der Waals surface area contributed by atoms with Gasteiger partial charge in [0.15, 0.2) is 0 Å². The number of ether oxygens (including phenoxy) is 2. The first-order chi connectivity index (χ1) is 12.9. The highest BCUT2D eigenvalue weighted by molar-refractivity contribution is 5.87. The molecule has 0 bridgehead atoms. The largest absolute Gasteiger partial charge is 0.496 e. The molecule has 0 saturated heterocycles. The Kier molecular flexibility index (Phi) is 5.32. The summed E-state index contributed by atoms with van der Waals surface area (Å²) < 4.78 is 10.7. The Morgan fingerprint density at radius 1 is 1.07 bits per heavy atom. The van der Waals surface area contributed by atoms with E-state index >= 15 is 0 Å². The van der Waals surface area contributed by atoms with Crippen molar-refractivity contribution in [3.63, 3.8) is 0 Å². The second-order valence-corrected chi connectivity index (χ2v) is 6.33. The van der Waals surface area contributed by atoms with E-state index in [0.29, 0.717) is 29.2 Å². The normalized spacial score (nSPS) is 15.8. The molecule has 0 spiro atoms. The smallest absolute Gasteiger partial charge is 0.335 e. The number of carboxylic acid groups (broad SMARTS) is 1. The van der Waals surface area contributed by atoms with Crippen LogP contribution in [0.3, 0.4) is 0 Å². The average molecular weight is 371 g/mol. The lowest BCUT2D eigenvalue weighted by molar-refractivity contribution is -0.133. The van der Waals surface area contributed by atoms with Crippen LogP contribution in [-0.2, 0) is 17.8 Å². The van der Waals surface area contributed by atoms with Gasteiger partial charge in [0, 0.05) is 17.7 Å². The number of aliphatic hydroxyl groups is 1. The zero-order valence-corrected chi connectivity index (χ0v) is 15.1. The molecule has 7 nitrogen and oxygen atoms in total. The lowest BCUT2D eigenvalue weighted by atomic mass is 9.94. The predicted molar refractivity (Wildman–Crippen MR) is 97.0 cm³/mol. The summed E-state index contributed by atoms with van der Waals surface area (Å²) in [5.74, 6) is -0.0138. The molecule has 1 heterocycles. The minimum atomic E-state index is -1.01. The van der Waals surface area contributed by atoms with Gasteiger partial charge in [0.05, 0.1) is 32.7 Å². The molecule has 1 atom stereocenters. The van der Waals surface area contributed by atoms with Crippen molar-refractivity contribution < 1.29 is 29.3 Å². The fourth-order valence-electron chi connectivity index (χ4n) is 3.32. The fraction of sp³-hybridized carbons (Fsp3) is 0.300. The lowest BCUT2D eigenvalue weighted by Crippen LogP contribution is -2.39. The van der Waals surface area contributed by atoms with Crippen LogP contribution < -0.4 is 9.47 Å². The van der Waals surface area contributed by atoms with E-state index in [1.807, 2.05) is 0 Å². The molecule has 2 N–H and O–H groups in total. The highest BCUT2D eigenvalue weighted by Crippen LogP contribution is 2.39. The van der Waals surface area contributed by atoms with E-state index in [-0.39, 0.29) is 24.4 Å². The minimum Gasteiger partial charge on any atom is -0.496 e. The molecule has 1 aliphatic rings. The monoisotopic (exact) mass is 371 g/mol. The molecule has 0 radical (unpaired) electrons. The first-order valence-corrected chi connectivity index (χ1v) is 8.46. The summed E-state index contributed by atoms with van der Waals surface area (Å²) in [4.78, 5) is 25.2. The molecule has 0 fully saturated rings. The summed E-state index contributed by atoms with van der Waals surface area (Å²) in [6.07, 6.45) is -0.758. The Morgan fingerprint density at radius 2 is 1.70 bits per heavy atom. The molecule has 142 valence electrons. The summed E-state index contributed by atoms with van der Waals surface area (Å²) in [6.45, 7) is 0.460. The van der Waals surface area contributed by atoms with Crippen LogP contribution in [0.25, 0.3) is 0 Å². The maximum atomic E-state index is 12.7. The van der Waals surface area contributed by atoms with Crippen LogP contribution in [0.5, 0.6) is 11.5 Å². The highest BCUT2D eigenvalue weighted by Gasteiger charge is 2.31. The Bertz CT molecular complexity index is 862. The van der Waals surface area contributed by atoms with Crippen molar-refractivity contribution in [2.45, 2.75) is 19.1 Å². The van der Waals surface area contributed by atoms with Gasteiger partial charge in [-0.05, 0) is 29.8 Å². The van der Waals surface area contributed by atoms with Crippen LogP contribution in [0.4, 0.5) is 0 Å². The molecule has 7 heteroatoms. The third kappa shape index (κ3) is 3.73. The van der Waals surface area contributed by atoms with Crippen molar-refractivity contribution in [1.82, 2.24) is 4.90 Å². The molecule has 2 aromatic rings. The molecule has 1 unspecified atom stereocenters. The van der Waals surface area contributed by atoms with Crippen LogP contribution in [0.2, 0.25) is 0 Å². The second kappa shape index (κ2) is 7.67. The van der Waals surface area contributed by atoms with Gasteiger partial charge in [-0.15, -0.1) is 0 Å². The lowest BCUT2D eigenvalue weighted by Gasteiger charge is -2.34. The summed E-state index contributed by atoms with van der Waals surface area (Å²) in [5, 5.41) is 19.5. The van der Waals surface area contributed by atoms with Gasteiger partial charge in [-0.25, -0.2) is 4.79 Å². The third-order valence-electron chi connectivity index (χ3n) is 4.70. The van der Waals surface area contributed by atoms with Crippen LogP contribution >= 0.6 is 0 Å². The van der Waals surface area contributed by atoms with E-state index in [1.165, 1.54) is 19.2 Å². The number of carbonyl (C=O) groups is 2. The van der Waals surface area contributed by atoms with Gasteiger partial charge in [-0.1, -0.05) is 12.1 Å². The molecule has 3 rings (SSSR count). The van der Waals surface area contributed by atoms with Gasteiger partial charge in [0.1, 0.15) is 17.6 Å². The quantitative estimate of drug-likeness (QED) is 0.835. The highest BCUT2D eigenvalue weighted by atomic mass is 16.5. The van der Waals surface area contributed by atoms with Crippen molar-refractivity contribution in [1.29, 1.82) is 0 Å². The molecule has 0 aliphatic carbocycles. The van der Waals surface area contributed by atoms with Gasteiger partial charge < -0.3 is 24.6 Å². The van der Waals surface area contributed by atoms with E-state index in [0.717, 1.165) is 5.56 Å². The zero-order valence-electron chi connectivity index (χ0n) is 15.1. The van der Waals surface area contributed by atoms with Crippen molar-refractivity contribution in [2.24, 2.45) is 0 Å². The summed E-state index contributed by atoms with van der Waals surface area (Å²) >= 11 is 0. The molecular formula is C20H21NO6. The molecule has 1 amide bonds. The Morgan fingerprint density at radius 3 is 2.30 bits per heavy atom. The number of rotatable bonds is 5. The Hall–Kier alpha value is -3.06. The average Bonchev–Trinajstić information content (AvgIpc) is 2.67. The van der Waals surface area contributed by atoms with E-state index < -0.39 is 12.1 Å². The van der Waals surface area contributed by atoms with Gasteiger partial charge in [0.2, 0.25) is 5.91 Å². The van der Waals surface area contributed by atoms with Gasteiger partial charge in [-0.3, -0.25) is 4.79 Å². The van der Waals surface area contributed by atoms with E-state index in [4.69, 9.17) is 14.6 Å². The number of amides is 1. The third-order valence-corrected chi connectivity index (χ3v) is 4.70. The van der Waals surface area contributed by atoms with E-state index in [9.17, 15) is 14.7 Å². The number of β-amino-alcohol motifs (C(OH)–C–C–N with tert-alkyl or cyclic N) is 1. The molecule has 1 aliphatic heterocycles. The molecular weight excluding hydrogens is 350 g/mol. The number of benzene rings is 2. The topological polar surface area (TPSA) is 96.3 Å². The molecule has 2 aromatic carbocycles. The number of carbonyl (C=O) groups excluding carboxylic acids is 1. The minimum absolute atomic E-state index is 0.119. The maximum absolute atomic E-state index is 12.7. The predicted octanol–water partition coefficient (Wildman–Crippen LogP) is 2.02. The second-order valence-electron chi connectivity index (χ2n) is 6.33. The molecule has 0 saturated carbocycles. The van der Waals surface area contributed by atoms with Gasteiger partial charge >= 0.3 is 5.97 Å². The molecule has 27 heavy (non-hydrogen) atoms. The fourth-order valence-corrected chi connectivity index (χ4v) is 3.32. The van der Waals surface area contributed by atoms with Crippen molar-refractivity contribution in [3.05, 3.63) is 58.7 Å². The van der Waals surface area contributed by atoms with Crippen LogP contribution in [0.1, 0.15) is 33.2 Å². The maximum Gasteiger partial charge on any atom is 0.335 e. The summed E-state index contributed by atoms with van der Waals surface area (Å²) in [5.41, 5.74) is 2.25. The number of carboxylic acids is 1. The van der Waals surface area contributed by atoms with E-state index in [1.54, 1.807) is 36.3 Å². The van der Waals surface area contributed by atoms with Gasteiger partial charge in [0.25, 0.3) is 0 Å². The standard InChI is InChI=1S/C20H21NO6/c1-26-16-7-8-17(27-2)19-14(16)10-21(11-15(19)22)18(23)9-12-3-5-13(6-4-12)20(24)25/h3-8,15,22H,9-11H2,1-2H3,(H,24,25). The Labute approximate surface area is 156 Å². The van der Waals surface area contributed by atoms with Crippen LogP contribution in [-0.4, -0.2) is 47.8 Å². The first kappa shape index (κ1) is 18.7. The SMILES string of the molecule is COc1ccc(OC)c2c1CN(C(=O)Cc1ccc(C(=O)O)cc1)CC2O. The van der Waals surface area contributed by atoms with Crippen molar-refractivity contribution in [2.75, 3.05) is 20.8 Å². The number of aliphatic hydroxyl groups excluding tert-OH is 1. The first-order valence-electron chi connectivity index (χ1n) is 8.46. The number of hydrogen-bond donors (Lipinski definition) is 2. The number of methoxy groups -OCH3 is 2. The van der Waals surface area contributed by atoms with Gasteiger partial charge in [-0.2, -0.15) is 0 Å². The Balaban J connectivity index is 1.81. The van der Waals surface area contributed by atoms with Crippen molar-refractivity contribution in [3.8, 4) is 11.5 Å². The van der Waals surface area contributed by atoms with Crippen molar-refractivity contribution >= 4 is 11.9 Å². The number of aromatic carboxylic acids is 1. The number of hydrogen-bond acceptors (Lipinski definition) is 5. The molecule has 0 aromatic heterocycles. The number of nitrogens with zero attached hydrogens (tertiary/aromatic N) is 1. The van der Waals surface area contributed by atoms with E-state index in [2.05, 4.69) is 0 Å².